The third kappa shape index (κ3) is 4.02. The van der Waals surface area contributed by atoms with Crippen molar-refractivity contribution in [1.82, 2.24) is 0 Å². The van der Waals surface area contributed by atoms with Gasteiger partial charge in [0.25, 0.3) is 10.0 Å². The fourth-order valence-corrected chi connectivity index (χ4v) is 3.28. The first-order valence-electron chi connectivity index (χ1n) is 6.97. The molecule has 8 heteroatoms. The molecule has 2 aromatic rings. The second-order valence-electron chi connectivity index (χ2n) is 5.11. The molecule has 0 fully saturated rings. The lowest BCUT2D eigenvalue weighted by atomic mass is 10.2. The standard InChI is InChI=1S/C16H17FN2O4S/c1-10-8-13(5-7-16(10)23-3)24(21,22)19-15-9-12(17)4-6-14(15)18-11(2)20/h4-9,19H,1-3H3,(H,18,20). The van der Waals surface area contributed by atoms with E-state index in [0.29, 0.717) is 11.3 Å². The first-order valence-corrected chi connectivity index (χ1v) is 8.46. The molecular formula is C16H17FN2O4S. The van der Waals surface area contributed by atoms with Crippen LogP contribution >= 0.6 is 0 Å². The van der Waals surface area contributed by atoms with Crippen LogP contribution in [-0.2, 0) is 14.8 Å². The largest absolute Gasteiger partial charge is 0.496 e. The molecule has 0 bridgehead atoms. The van der Waals surface area contributed by atoms with Crippen molar-refractivity contribution in [2.24, 2.45) is 0 Å². The number of rotatable bonds is 5. The van der Waals surface area contributed by atoms with Crippen LogP contribution < -0.4 is 14.8 Å². The zero-order valence-corrected chi connectivity index (χ0v) is 14.2. The third-order valence-electron chi connectivity index (χ3n) is 3.21. The van der Waals surface area contributed by atoms with Crippen molar-refractivity contribution >= 4 is 27.3 Å². The van der Waals surface area contributed by atoms with Crippen LogP contribution in [-0.4, -0.2) is 21.4 Å². The van der Waals surface area contributed by atoms with E-state index in [9.17, 15) is 17.6 Å². The molecule has 6 nitrogen and oxygen atoms in total. The minimum atomic E-state index is -3.96. The summed E-state index contributed by atoms with van der Waals surface area (Å²) in [7, 11) is -2.47. The fraction of sp³-hybridized carbons (Fsp3) is 0.188. The van der Waals surface area contributed by atoms with Crippen LogP contribution in [0.15, 0.2) is 41.3 Å². The van der Waals surface area contributed by atoms with Gasteiger partial charge in [0.1, 0.15) is 11.6 Å². The van der Waals surface area contributed by atoms with Crippen LogP contribution in [0.2, 0.25) is 0 Å². The van der Waals surface area contributed by atoms with E-state index < -0.39 is 21.7 Å². The number of anilines is 2. The second kappa shape index (κ2) is 6.88. The maximum Gasteiger partial charge on any atom is 0.261 e. The summed E-state index contributed by atoms with van der Waals surface area (Å²) in [6.07, 6.45) is 0. The molecule has 2 aromatic carbocycles. The van der Waals surface area contributed by atoms with E-state index in [2.05, 4.69) is 10.0 Å². The molecule has 0 heterocycles. The predicted octanol–water partition coefficient (Wildman–Crippen LogP) is 2.90. The van der Waals surface area contributed by atoms with Crippen molar-refractivity contribution in [3.8, 4) is 5.75 Å². The van der Waals surface area contributed by atoms with Gasteiger partial charge in [-0.05, 0) is 42.8 Å². The molecule has 2 N–H and O–H groups in total. The number of benzene rings is 2. The molecule has 0 spiro atoms. The second-order valence-corrected chi connectivity index (χ2v) is 6.79. The number of methoxy groups -OCH3 is 1. The van der Waals surface area contributed by atoms with Gasteiger partial charge in [-0.15, -0.1) is 0 Å². The molecule has 0 radical (unpaired) electrons. The zero-order chi connectivity index (χ0) is 17.9. The fourth-order valence-electron chi connectivity index (χ4n) is 2.12. The number of carbonyl (C=O) groups is 1. The lowest BCUT2D eigenvalue weighted by Gasteiger charge is -2.14. The molecule has 0 aromatic heterocycles. The summed E-state index contributed by atoms with van der Waals surface area (Å²) in [6, 6.07) is 7.77. The van der Waals surface area contributed by atoms with E-state index >= 15 is 0 Å². The Morgan fingerprint density at radius 1 is 1.12 bits per heavy atom. The highest BCUT2D eigenvalue weighted by molar-refractivity contribution is 7.92. The van der Waals surface area contributed by atoms with Crippen molar-refractivity contribution in [3.63, 3.8) is 0 Å². The number of amides is 1. The number of sulfonamides is 1. The van der Waals surface area contributed by atoms with Crippen molar-refractivity contribution in [3.05, 3.63) is 47.8 Å². The molecule has 24 heavy (non-hydrogen) atoms. The average Bonchev–Trinajstić information content (AvgIpc) is 2.49. The topological polar surface area (TPSA) is 84.5 Å². The van der Waals surface area contributed by atoms with Crippen molar-refractivity contribution < 1.29 is 22.3 Å². The number of ether oxygens (including phenoxy) is 1. The van der Waals surface area contributed by atoms with E-state index in [1.165, 1.54) is 38.3 Å². The highest BCUT2D eigenvalue weighted by atomic mass is 32.2. The quantitative estimate of drug-likeness (QED) is 0.866. The predicted molar refractivity (Wildman–Crippen MR) is 89.2 cm³/mol. The monoisotopic (exact) mass is 352 g/mol. The molecule has 0 saturated heterocycles. The Kier molecular flexibility index (Phi) is 5.08. The highest BCUT2D eigenvalue weighted by Gasteiger charge is 2.18. The molecule has 2 rings (SSSR count). The van der Waals surface area contributed by atoms with Gasteiger partial charge in [0, 0.05) is 13.0 Å². The maximum absolute atomic E-state index is 13.5. The molecular weight excluding hydrogens is 335 g/mol. The summed E-state index contributed by atoms with van der Waals surface area (Å²) in [6.45, 7) is 2.98. The number of hydrogen-bond acceptors (Lipinski definition) is 4. The number of hydrogen-bond donors (Lipinski definition) is 2. The zero-order valence-electron chi connectivity index (χ0n) is 13.4. The lowest BCUT2D eigenvalue weighted by Crippen LogP contribution is -2.16. The maximum atomic E-state index is 13.5. The third-order valence-corrected chi connectivity index (χ3v) is 4.58. The summed E-state index contributed by atoms with van der Waals surface area (Å²) in [4.78, 5) is 11.2. The van der Waals surface area contributed by atoms with Gasteiger partial charge in [-0.3, -0.25) is 9.52 Å². The van der Waals surface area contributed by atoms with Crippen molar-refractivity contribution in [1.29, 1.82) is 0 Å². The molecule has 0 atom stereocenters. The van der Waals surface area contributed by atoms with Gasteiger partial charge in [0.15, 0.2) is 0 Å². The number of carbonyl (C=O) groups excluding carboxylic acids is 1. The Morgan fingerprint density at radius 3 is 2.42 bits per heavy atom. The first kappa shape index (κ1) is 17.7. The van der Waals surface area contributed by atoms with Crippen molar-refractivity contribution in [2.75, 3.05) is 17.1 Å². The molecule has 0 aliphatic carbocycles. The number of nitrogens with one attached hydrogen (secondary N) is 2. The number of halogens is 1. The van der Waals surface area contributed by atoms with Gasteiger partial charge in [-0.1, -0.05) is 0 Å². The van der Waals surface area contributed by atoms with Gasteiger partial charge >= 0.3 is 0 Å². The van der Waals surface area contributed by atoms with Crippen LogP contribution in [0.3, 0.4) is 0 Å². The Bertz CT molecular complexity index is 882. The first-order chi connectivity index (χ1) is 11.2. The lowest BCUT2D eigenvalue weighted by molar-refractivity contribution is -0.114. The van der Waals surface area contributed by atoms with Crippen LogP contribution in [0, 0.1) is 12.7 Å². The van der Waals surface area contributed by atoms with Gasteiger partial charge < -0.3 is 10.1 Å². The Balaban J connectivity index is 2.40. The molecule has 1 amide bonds. The van der Waals surface area contributed by atoms with E-state index in [-0.39, 0.29) is 16.3 Å². The molecule has 0 unspecified atom stereocenters. The van der Waals surface area contributed by atoms with Crippen molar-refractivity contribution in [2.45, 2.75) is 18.7 Å². The smallest absolute Gasteiger partial charge is 0.261 e. The van der Waals surface area contributed by atoms with Gasteiger partial charge in [-0.25, -0.2) is 12.8 Å². The van der Waals surface area contributed by atoms with Crippen LogP contribution in [0.4, 0.5) is 15.8 Å². The van der Waals surface area contributed by atoms with Crippen LogP contribution in [0.25, 0.3) is 0 Å². The molecule has 0 saturated carbocycles. The Hall–Kier alpha value is -2.61. The van der Waals surface area contributed by atoms with E-state index in [1.807, 2.05) is 0 Å². The van der Waals surface area contributed by atoms with E-state index in [4.69, 9.17) is 4.74 Å². The molecule has 0 aliphatic rings. The summed E-state index contributed by atoms with van der Waals surface area (Å²) in [5.41, 5.74) is 0.748. The minimum Gasteiger partial charge on any atom is -0.496 e. The summed E-state index contributed by atoms with van der Waals surface area (Å²) in [5, 5.41) is 2.45. The van der Waals surface area contributed by atoms with E-state index in [1.54, 1.807) is 6.92 Å². The summed E-state index contributed by atoms with van der Waals surface area (Å²) >= 11 is 0. The molecule has 128 valence electrons. The normalized spacial score (nSPS) is 11.0. The van der Waals surface area contributed by atoms with Crippen LogP contribution in [0.1, 0.15) is 12.5 Å². The van der Waals surface area contributed by atoms with Gasteiger partial charge in [-0.2, -0.15) is 0 Å². The van der Waals surface area contributed by atoms with Gasteiger partial charge in [0.05, 0.1) is 23.4 Å². The summed E-state index contributed by atoms with van der Waals surface area (Å²) in [5.74, 6) is -0.478. The molecule has 0 aliphatic heterocycles. The Morgan fingerprint density at radius 2 is 1.83 bits per heavy atom. The highest BCUT2D eigenvalue weighted by Crippen LogP contribution is 2.27. The SMILES string of the molecule is COc1ccc(S(=O)(=O)Nc2cc(F)ccc2NC(C)=O)cc1C. The Labute approximate surface area is 139 Å². The van der Waals surface area contributed by atoms with Gasteiger partial charge in [0.2, 0.25) is 5.91 Å². The van der Waals surface area contributed by atoms with E-state index in [0.717, 1.165) is 12.1 Å². The number of aryl methyl sites for hydroxylation is 1. The average molecular weight is 352 g/mol. The summed E-state index contributed by atoms with van der Waals surface area (Å²) < 4.78 is 45.9. The van der Waals surface area contributed by atoms with Crippen LogP contribution in [0.5, 0.6) is 5.75 Å². The minimum absolute atomic E-state index is 0.00108.